The molecule has 0 amide bonds. The van der Waals surface area contributed by atoms with E-state index in [2.05, 4.69) is 6.58 Å². The number of hydrogen-bond donors (Lipinski definition) is 0. The highest BCUT2D eigenvalue weighted by Crippen LogP contribution is 2.03. The summed E-state index contributed by atoms with van der Waals surface area (Å²) >= 11 is 10.3. The van der Waals surface area contributed by atoms with Gasteiger partial charge in [0.15, 0.2) is 0 Å². The monoisotopic (exact) mass is 210 g/mol. The zero-order valence-corrected chi connectivity index (χ0v) is 8.16. The third-order valence-electron chi connectivity index (χ3n) is 0.733. The molecule has 62 valence electrons. The van der Waals surface area contributed by atoms with Crippen LogP contribution in [0.5, 0.6) is 0 Å². The first-order valence-corrected chi connectivity index (χ1v) is 3.54. The van der Waals surface area contributed by atoms with Crippen LogP contribution in [0.3, 0.4) is 0 Å². The molecule has 1 rings (SSSR count). The van der Waals surface area contributed by atoms with Gasteiger partial charge in [-0.25, -0.2) is 0 Å². The van der Waals surface area contributed by atoms with Crippen molar-refractivity contribution in [1.29, 1.82) is 0 Å². The minimum Gasteiger partial charge on any atom is -0.147 e. The second-order valence-electron chi connectivity index (χ2n) is 1.45. The number of benzene rings is 1. The van der Waals surface area contributed by atoms with E-state index in [0.717, 1.165) is 5.02 Å². The molecule has 0 spiro atoms. The van der Waals surface area contributed by atoms with Crippen molar-refractivity contribution in [3.05, 3.63) is 47.5 Å². The fraction of sp³-hybridized carbons (Fsp3) is 0. The molecule has 1 aromatic carbocycles. The van der Waals surface area contributed by atoms with Crippen molar-refractivity contribution in [2.24, 2.45) is 0 Å². The fourth-order valence-electron chi connectivity index (χ4n) is 0.415. The van der Waals surface area contributed by atoms with Crippen LogP contribution in [-0.2, 0) is 0 Å². The van der Waals surface area contributed by atoms with Gasteiger partial charge in [0.25, 0.3) is 0 Å². The second kappa shape index (κ2) is 9.83. The lowest BCUT2D eigenvalue weighted by molar-refractivity contribution is 1.71. The molecular weight excluding hydrogens is 202 g/mol. The smallest absolute Gasteiger partial charge is 0.0405 e. The quantitative estimate of drug-likeness (QED) is 0.605. The van der Waals surface area contributed by atoms with Gasteiger partial charge in [-0.2, -0.15) is 0 Å². The van der Waals surface area contributed by atoms with E-state index in [1.54, 1.807) is 0 Å². The largest absolute Gasteiger partial charge is 0.147 e. The number of rotatable bonds is 0. The van der Waals surface area contributed by atoms with Crippen LogP contribution >= 0.6 is 35.6 Å². The van der Waals surface area contributed by atoms with Gasteiger partial charge in [-0.15, -0.1) is 12.4 Å². The summed E-state index contributed by atoms with van der Waals surface area (Å²) in [6.07, 6.45) is 0. The molecule has 0 aliphatic heterocycles. The van der Waals surface area contributed by atoms with Crippen LogP contribution in [0.15, 0.2) is 42.4 Å². The lowest BCUT2D eigenvalue weighted by Gasteiger charge is -1.80. The van der Waals surface area contributed by atoms with E-state index in [1.165, 1.54) is 5.54 Å². The summed E-state index contributed by atoms with van der Waals surface area (Å²) < 4.78 is 0. The van der Waals surface area contributed by atoms with E-state index >= 15 is 0 Å². The van der Waals surface area contributed by atoms with Crippen molar-refractivity contribution in [3.8, 4) is 0 Å². The highest BCUT2D eigenvalue weighted by atomic mass is 35.5. The van der Waals surface area contributed by atoms with Crippen LogP contribution in [0, 0.1) is 0 Å². The van der Waals surface area contributed by atoms with Crippen LogP contribution in [-0.4, -0.2) is 0 Å². The third-order valence-corrected chi connectivity index (χ3v) is 0.985. The predicted octanol–water partition coefficient (Wildman–Crippen LogP) is 4.13. The van der Waals surface area contributed by atoms with Gasteiger partial charge in [-0.3, -0.25) is 0 Å². The Morgan fingerprint density at radius 3 is 1.73 bits per heavy atom. The Morgan fingerprint density at radius 1 is 1.18 bits per heavy atom. The first-order chi connectivity index (χ1) is 4.81. The average Bonchev–Trinajstić information content (AvgIpc) is 1.91. The summed E-state index contributed by atoms with van der Waals surface area (Å²) in [6.45, 7) is 3.13. The molecule has 0 bridgehead atoms. The van der Waals surface area contributed by atoms with Gasteiger partial charge in [-0.05, 0) is 17.7 Å². The Labute approximate surface area is 83.2 Å². The Hall–Kier alpha value is -0.170. The molecule has 0 saturated heterocycles. The minimum absolute atomic E-state index is 0. The average molecular weight is 212 g/mol. The first kappa shape index (κ1) is 13.4. The summed E-state index contributed by atoms with van der Waals surface area (Å²) in [4.78, 5) is 0. The van der Waals surface area contributed by atoms with Crippen molar-refractivity contribution < 1.29 is 0 Å². The van der Waals surface area contributed by atoms with Crippen LogP contribution in [0.2, 0.25) is 5.02 Å². The van der Waals surface area contributed by atoms with E-state index in [1.807, 2.05) is 30.3 Å². The molecule has 0 atom stereocenters. The van der Waals surface area contributed by atoms with E-state index in [9.17, 15) is 0 Å². The van der Waals surface area contributed by atoms with Crippen molar-refractivity contribution >= 4 is 35.6 Å². The Morgan fingerprint density at radius 2 is 1.55 bits per heavy atom. The molecule has 1 aromatic rings. The maximum atomic E-state index is 5.54. The van der Waals surface area contributed by atoms with Crippen LogP contribution in [0.1, 0.15) is 0 Å². The molecule has 3 heteroatoms. The zero-order chi connectivity index (χ0) is 7.82. The Bertz CT molecular complexity index is 172. The molecule has 0 aliphatic carbocycles. The zero-order valence-electron chi connectivity index (χ0n) is 5.84. The molecule has 0 N–H and O–H groups in total. The highest BCUT2D eigenvalue weighted by molar-refractivity contribution is 6.30. The maximum absolute atomic E-state index is 5.54. The summed E-state index contributed by atoms with van der Waals surface area (Å²) in [5, 5.41) is 0.794. The minimum atomic E-state index is 0. The normalized spacial score (nSPS) is 6.73. The number of hydrogen-bond acceptors (Lipinski definition) is 0. The lowest BCUT2D eigenvalue weighted by Crippen LogP contribution is -1.55. The van der Waals surface area contributed by atoms with Gasteiger partial charge in [0.2, 0.25) is 0 Å². The van der Waals surface area contributed by atoms with Crippen molar-refractivity contribution in [3.63, 3.8) is 0 Å². The summed E-state index contributed by atoms with van der Waals surface area (Å²) in [7, 11) is 0. The van der Waals surface area contributed by atoms with Gasteiger partial charge in [0, 0.05) is 5.02 Å². The van der Waals surface area contributed by atoms with Crippen LogP contribution in [0.25, 0.3) is 0 Å². The Kier molecular flexibility index (Phi) is 12.0. The molecule has 0 fully saturated rings. The van der Waals surface area contributed by atoms with Gasteiger partial charge in [0.05, 0.1) is 0 Å². The molecule has 0 saturated carbocycles. The first-order valence-electron chi connectivity index (χ1n) is 2.73. The SMILES string of the molecule is C=CCl.Cl.Clc1ccccc1. The maximum Gasteiger partial charge on any atom is 0.0405 e. The van der Waals surface area contributed by atoms with Gasteiger partial charge in [0.1, 0.15) is 0 Å². The van der Waals surface area contributed by atoms with Crippen molar-refractivity contribution in [2.45, 2.75) is 0 Å². The van der Waals surface area contributed by atoms with E-state index in [4.69, 9.17) is 23.2 Å². The van der Waals surface area contributed by atoms with Crippen LogP contribution in [0.4, 0.5) is 0 Å². The fourth-order valence-corrected chi connectivity index (χ4v) is 0.560. The van der Waals surface area contributed by atoms with E-state index in [-0.39, 0.29) is 12.4 Å². The van der Waals surface area contributed by atoms with Crippen molar-refractivity contribution in [1.82, 2.24) is 0 Å². The molecule has 0 aliphatic rings. The molecule has 0 unspecified atom stereocenters. The second-order valence-corrected chi connectivity index (χ2v) is 2.19. The molecule has 0 aromatic heterocycles. The van der Waals surface area contributed by atoms with Crippen LogP contribution < -0.4 is 0 Å². The van der Waals surface area contributed by atoms with Gasteiger partial charge in [-0.1, -0.05) is 48.0 Å². The van der Waals surface area contributed by atoms with Crippen molar-refractivity contribution in [2.75, 3.05) is 0 Å². The number of halogens is 3. The summed E-state index contributed by atoms with van der Waals surface area (Å²) in [5.74, 6) is 0. The van der Waals surface area contributed by atoms with Gasteiger partial charge >= 0.3 is 0 Å². The predicted molar refractivity (Wildman–Crippen MR) is 54.8 cm³/mol. The molecule has 0 radical (unpaired) electrons. The molecule has 0 nitrogen and oxygen atoms in total. The highest BCUT2D eigenvalue weighted by Gasteiger charge is 1.74. The summed E-state index contributed by atoms with van der Waals surface area (Å²) in [6, 6.07) is 9.44. The molecule has 11 heavy (non-hydrogen) atoms. The summed E-state index contributed by atoms with van der Waals surface area (Å²) in [5.41, 5.74) is 1.22. The van der Waals surface area contributed by atoms with E-state index < -0.39 is 0 Å². The lowest BCUT2D eigenvalue weighted by atomic mass is 10.4. The Balaban J connectivity index is 0. The van der Waals surface area contributed by atoms with E-state index in [0.29, 0.717) is 0 Å². The topological polar surface area (TPSA) is 0 Å². The molecule has 0 heterocycles. The third kappa shape index (κ3) is 9.83. The van der Waals surface area contributed by atoms with Gasteiger partial charge < -0.3 is 0 Å². The standard InChI is InChI=1S/C6H5Cl.C2H3Cl.ClH/c7-6-4-2-1-3-5-6;1-2-3;/h1-5H;2H,1H2;1H. The molecular formula is C8H9Cl3.